The Kier molecular flexibility index (Phi) is 3.92. The molecular formula is C16H15N5O2. The second-order valence-corrected chi connectivity index (χ2v) is 4.75. The van der Waals surface area contributed by atoms with E-state index in [0.29, 0.717) is 22.9 Å². The van der Waals surface area contributed by atoms with Gasteiger partial charge in [0, 0.05) is 5.69 Å². The molecule has 1 aromatic heterocycles. The molecule has 3 N–H and O–H groups in total. The van der Waals surface area contributed by atoms with Gasteiger partial charge in [-0.05, 0) is 30.3 Å². The van der Waals surface area contributed by atoms with Crippen molar-refractivity contribution in [1.29, 1.82) is 0 Å². The number of rotatable bonds is 5. The number of ether oxygens (including phenoxy) is 1. The molecule has 1 amide bonds. The number of benzene rings is 2. The van der Waals surface area contributed by atoms with Crippen molar-refractivity contribution in [2.45, 2.75) is 0 Å². The molecule has 0 radical (unpaired) electrons. The van der Waals surface area contributed by atoms with E-state index < -0.39 is 5.91 Å². The maximum atomic E-state index is 11.5. The van der Waals surface area contributed by atoms with Crippen LogP contribution in [0.5, 0.6) is 5.75 Å². The first kappa shape index (κ1) is 14.6. The lowest BCUT2D eigenvalue weighted by Gasteiger charge is -2.08. The molecule has 0 unspecified atom stereocenters. The molecule has 2 aromatic carbocycles. The van der Waals surface area contributed by atoms with E-state index in [0.717, 1.165) is 5.69 Å². The summed E-state index contributed by atoms with van der Waals surface area (Å²) >= 11 is 0. The number of methoxy groups -OCH3 is 1. The normalized spacial score (nSPS) is 10.3. The minimum Gasteiger partial charge on any atom is -0.496 e. The zero-order chi connectivity index (χ0) is 16.2. The lowest BCUT2D eigenvalue weighted by molar-refractivity contribution is 0.0997. The summed E-state index contributed by atoms with van der Waals surface area (Å²) in [6.45, 7) is 0. The summed E-state index contributed by atoms with van der Waals surface area (Å²) in [5.41, 5.74) is 7.19. The number of nitrogens with zero attached hydrogens (tertiary/aromatic N) is 3. The van der Waals surface area contributed by atoms with Crippen LogP contribution in [-0.2, 0) is 0 Å². The number of amides is 1. The molecule has 3 aromatic rings. The van der Waals surface area contributed by atoms with Crippen LogP contribution in [0.1, 0.15) is 10.4 Å². The molecule has 3 rings (SSSR count). The fourth-order valence-electron chi connectivity index (χ4n) is 2.13. The van der Waals surface area contributed by atoms with Gasteiger partial charge < -0.3 is 15.8 Å². The van der Waals surface area contributed by atoms with Crippen molar-refractivity contribution < 1.29 is 9.53 Å². The molecule has 0 aliphatic carbocycles. The van der Waals surface area contributed by atoms with Gasteiger partial charge in [-0.3, -0.25) is 4.79 Å². The third kappa shape index (κ3) is 3.13. The van der Waals surface area contributed by atoms with Crippen LogP contribution in [0.15, 0.2) is 54.9 Å². The lowest BCUT2D eigenvalue weighted by atomic mass is 10.1. The molecule has 23 heavy (non-hydrogen) atoms. The summed E-state index contributed by atoms with van der Waals surface area (Å²) in [6, 6.07) is 14.7. The number of primary amides is 1. The highest BCUT2D eigenvalue weighted by atomic mass is 16.5. The Bertz CT molecular complexity index is 829. The maximum Gasteiger partial charge on any atom is 0.252 e. The molecule has 7 nitrogen and oxygen atoms in total. The number of carbonyl (C=O) groups is 1. The molecule has 0 aliphatic rings. The largest absolute Gasteiger partial charge is 0.496 e. The fraction of sp³-hybridized carbons (Fsp3) is 0.0625. The van der Waals surface area contributed by atoms with Gasteiger partial charge in [0.2, 0.25) is 5.95 Å². The van der Waals surface area contributed by atoms with Crippen LogP contribution >= 0.6 is 0 Å². The molecule has 7 heteroatoms. The predicted molar refractivity (Wildman–Crippen MR) is 86.2 cm³/mol. The number of hydrogen-bond acceptors (Lipinski definition) is 5. The number of hydrogen-bond donors (Lipinski definition) is 2. The third-order valence-electron chi connectivity index (χ3n) is 3.23. The Labute approximate surface area is 132 Å². The van der Waals surface area contributed by atoms with E-state index in [-0.39, 0.29) is 0 Å². The summed E-state index contributed by atoms with van der Waals surface area (Å²) in [6.07, 6.45) is 1.61. The first-order valence-electron chi connectivity index (χ1n) is 6.89. The van der Waals surface area contributed by atoms with E-state index >= 15 is 0 Å². The topological polar surface area (TPSA) is 95.1 Å². The van der Waals surface area contributed by atoms with E-state index in [1.807, 2.05) is 30.3 Å². The molecule has 1 heterocycles. The van der Waals surface area contributed by atoms with Crippen LogP contribution in [-0.4, -0.2) is 27.8 Å². The molecule has 0 spiro atoms. The van der Waals surface area contributed by atoms with Gasteiger partial charge in [0.1, 0.15) is 12.1 Å². The average molecular weight is 309 g/mol. The summed E-state index contributed by atoms with van der Waals surface area (Å²) in [7, 11) is 1.48. The standard InChI is InChI=1S/C16H15N5O2/c1-23-14-8-7-11(9-13(14)15(17)22)19-16-18-10-21(20-16)12-5-3-2-4-6-12/h2-10H,1H3,(H2,17,22)(H,19,20). The first-order valence-corrected chi connectivity index (χ1v) is 6.89. The number of aromatic nitrogens is 3. The van der Waals surface area contributed by atoms with Crippen LogP contribution in [0.3, 0.4) is 0 Å². The van der Waals surface area contributed by atoms with Gasteiger partial charge in [-0.2, -0.15) is 4.98 Å². The molecule has 0 aliphatic heterocycles. The number of anilines is 2. The van der Waals surface area contributed by atoms with Crippen molar-refractivity contribution >= 4 is 17.5 Å². The Balaban J connectivity index is 1.84. The van der Waals surface area contributed by atoms with Crippen molar-refractivity contribution in [2.75, 3.05) is 12.4 Å². The number of nitrogens with two attached hydrogens (primary N) is 1. The number of nitrogens with one attached hydrogen (secondary N) is 1. The van der Waals surface area contributed by atoms with Crippen molar-refractivity contribution in [2.24, 2.45) is 5.73 Å². The van der Waals surface area contributed by atoms with E-state index in [4.69, 9.17) is 10.5 Å². The molecular weight excluding hydrogens is 294 g/mol. The van der Waals surface area contributed by atoms with Gasteiger partial charge in [-0.15, -0.1) is 5.10 Å². The van der Waals surface area contributed by atoms with E-state index in [1.54, 1.807) is 29.2 Å². The quantitative estimate of drug-likeness (QED) is 0.752. The molecule has 116 valence electrons. The van der Waals surface area contributed by atoms with Crippen molar-refractivity contribution in [3.05, 3.63) is 60.4 Å². The van der Waals surface area contributed by atoms with Crippen LogP contribution < -0.4 is 15.8 Å². The minimum atomic E-state index is -0.562. The highest BCUT2D eigenvalue weighted by Crippen LogP contribution is 2.23. The number of para-hydroxylation sites is 1. The summed E-state index contributed by atoms with van der Waals surface area (Å²) in [5.74, 6) is 0.272. The highest BCUT2D eigenvalue weighted by molar-refractivity contribution is 5.96. The van der Waals surface area contributed by atoms with Gasteiger partial charge in [0.05, 0.1) is 18.4 Å². The van der Waals surface area contributed by atoms with Crippen LogP contribution in [0.4, 0.5) is 11.6 Å². The van der Waals surface area contributed by atoms with Gasteiger partial charge in [0.25, 0.3) is 5.91 Å². The Morgan fingerprint density at radius 3 is 2.70 bits per heavy atom. The predicted octanol–water partition coefficient (Wildman–Crippen LogP) is 2.12. The van der Waals surface area contributed by atoms with E-state index in [9.17, 15) is 4.79 Å². The van der Waals surface area contributed by atoms with Gasteiger partial charge >= 0.3 is 0 Å². The zero-order valence-electron chi connectivity index (χ0n) is 12.4. The Morgan fingerprint density at radius 2 is 2.00 bits per heavy atom. The van der Waals surface area contributed by atoms with Crippen LogP contribution in [0, 0.1) is 0 Å². The van der Waals surface area contributed by atoms with Crippen molar-refractivity contribution in [1.82, 2.24) is 14.8 Å². The fourth-order valence-corrected chi connectivity index (χ4v) is 2.13. The van der Waals surface area contributed by atoms with Gasteiger partial charge in [-0.25, -0.2) is 4.68 Å². The second kappa shape index (κ2) is 6.18. The van der Waals surface area contributed by atoms with Crippen LogP contribution in [0.25, 0.3) is 5.69 Å². The van der Waals surface area contributed by atoms with E-state index in [1.165, 1.54) is 7.11 Å². The lowest BCUT2D eigenvalue weighted by Crippen LogP contribution is -2.12. The summed E-state index contributed by atoms with van der Waals surface area (Å²) in [5, 5.41) is 7.37. The molecule has 0 atom stereocenters. The Hall–Kier alpha value is -3.35. The molecule has 0 bridgehead atoms. The first-order chi connectivity index (χ1) is 11.2. The maximum absolute atomic E-state index is 11.5. The van der Waals surface area contributed by atoms with E-state index in [2.05, 4.69) is 15.4 Å². The average Bonchev–Trinajstić information content (AvgIpc) is 3.04. The third-order valence-corrected chi connectivity index (χ3v) is 3.23. The van der Waals surface area contributed by atoms with Crippen LogP contribution in [0.2, 0.25) is 0 Å². The summed E-state index contributed by atoms with van der Waals surface area (Å²) < 4.78 is 6.76. The van der Waals surface area contributed by atoms with Crippen molar-refractivity contribution in [3.8, 4) is 11.4 Å². The summed E-state index contributed by atoms with van der Waals surface area (Å²) in [4.78, 5) is 15.7. The van der Waals surface area contributed by atoms with Gasteiger partial charge in [-0.1, -0.05) is 18.2 Å². The minimum absolute atomic E-state index is 0.292. The molecule has 0 fully saturated rings. The smallest absolute Gasteiger partial charge is 0.252 e. The molecule has 0 saturated carbocycles. The van der Waals surface area contributed by atoms with Gasteiger partial charge in [0.15, 0.2) is 0 Å². The zero-order valence-corrected chi connectivity index (χ0v) is 12.4. The molecule has 0 saturated heterocycles. The SMILES string of the molecule is COc1ccc(Nc2ncn(-c3ccccc3)n2)cc1C(N)=O. The monoisotopic (exact) mass is 309 g/mol. The van der Waals surface area contributed by atoms with Crippen molar-refractivity contribution in [3.63, 3.8) is 0 Å². The number of carbonyl (C=O) groups excluding carboxylic acids is 1. The Morgan fingerprint density at radius 1 is 1.22 bits per heavy atom. The second-order valence-electron chi connectivity index (χ2n) is 4.75. The highest BCUT2D eigenvalue weighted by Gasteiger charge is 2.11.